The fourth-order valence-electron chi connectivity index (χ4n) is 2.65. The van der Waals surface area contributed by atoms with Gasteiger partial charge in [0.2, 0.25) is 5.91 Å². The van der Waals surface area contributed by atoms with Crippen molar-refractivity contribution in [2.24, 2.45) is 0 Å². The summed E-state index contributed by atoms with van der Waals surface area (Å²) in [5, 5.41) is 0. The molecule has 7 heteroatoms. The molecule has 0 aliphatic carbocycles. The molecule has 1 aromatic rings. The Bertz CT molecular complexity index is 544. The van der Waals surface area contributed by atoms with Crippen LogP contribution in [-0.2, 0) is 4.79 Å². The number of rotatable bonds is 1. The molecule has 3 rings (SSSR count). The van der Waals surface area contributed by atoms with E-state index in [0.29, 0.717) is 23.3 Å². The first-order valence-corrected chi connectivity index (χ1v) is 6.73. The third-order valence-electron chi connectivity index (χ3n) is 3.57. The Labute approximate surface area is 112 Å². The van der Waals surface area contributed by atoms with Gasteiger partial charge in [0, 0.05) is 32.1 Å². The van der Waals surface area contributed by atoms with E-state index >= 15 is 0 Å². The number of H-pyrrole nitrogens is 1. The van der Waals surface area contributed by atoms with Crippen LogP contribution in [0.4, 0.5) is 5.82 Å². The fourth-order valence-corrected chi connectivity index (χ4v) is 3.12. The van der Waals surface area contributed by atoms with E-state index in [1.807, 2.05) is 4.90 Å². The van der Waals surface area contributed by atoms with Crippen molar-refractivity contribution in [3.8, 4) is 0 Å². The van der Waals surface area contributed by atoms with E-state index < -0.39 is 0 Å². The van der Waals surface area contributed by atoms with Crippen LogP contribution in [0.15, 0.2) is 15.6 Å². The van der Waals surface area contributed by atoms with Crippen molar-refractivity contribution in [1.29, 1.82) is 0 Å². The number of piperazine rings is 1. The summed E-state index contributed by atoms with van der Waals surface area (Å²) < 4.78 is 0.461. The molecule has 1 unspecified atom stereocenters. The molecular formula is C11H13BrN4O2. The van der Waals surface area contributed by atoms with Crippen LogP contribution in [0.25, 0.3) is 0 Å². The van der Waals surface area contributed by atoms with E-state index in [1.54, 1.807) is 0 Å². The standard InChI is InChI=1S/C11H13BrN4O2/c12-9-10(13-6-14-11(9)18)15-3-4-16-7(5-15)1-2-8(16)17/h6-7H,1-5H2,(H,13,14,18). The van der Waals surface area contributed by atoms with E-state index in [0.717, 1.165) is 19.5 Å². The number of fused-ring (bicyclic) bond motifs is 1. The molecule has 6 nitrogen and oxygen atoms in total. The highest BCUT2D eigenvalue weighted by Gasteiger charge is 2.36. The van der Waals surface area contributed by atoms with Crippen molar-refractivity contribution in [1.82, 2.24) is 14.9 Å². The molecule has 2 fully saturated rings. The number of hydrogen-bond donors (Lipinski definition) is 1. The first-order valence-electron chi connectivity index (χ1n) is 5.94. The molecule has 0 saturated carbocycles. The molecule has 96 valence electrons. The summed E-state index contributed by atoms with van der Waals surface area (Å²) >= 11 is 3.27. The smallest absolute Gasteiger partial charge is 0.267 e. The average Bonchev–Trinajstić information content (AvgIpc) is 2.74. The van der Waals surface area contributed by atoms with E-state index in [4.69, 9.17) is 0 Å². The van der Waals surface area contributed by atoms with Gasteiger partial charge < -0.3 is 14.8 Å². The predicted octanol–water partition coefficient (Wildman–Crippen LogP) is 0.343. The summed E-state index contributed by atoms with van der Waals surface area (Å²) in [4.78, 5) is 33.9. The first kappa shape index (κ1) is 11.7. The van der Waals surface area contributed by atoms with Crippen LogP contribution in [0.3, 0.4) is 0 Å². The minimum Gasteiger partial charge on any atom is -0.352 e. The lowest BCUT2D eigenvalue weighted by Crippen LogP contribution is -2.52. The topological polar surface area (TPSA) is 69.3 Å². The van der Waals surface area contributed by atoms with Crippen LogP contribution < -0.4 is 10.5 Å². The van der Waals surface area contributed by atoms with Gasteiger partial charge in [-0.3, -0.25) is 9.59 Å². The Kier molecular flexibility index (Phi) is 2.85. The number of amides is 1. The van der Waals surface area contributed by atoms with Crippen molar-refractivity contribution < 1.29 is 4.79 Å². The maximum Gasteiger partial charge on any atom is 0.267 e. The summed E-state index contributed by atoms with van der Waals surface area (Å²) in [6, 6.07) is 0.263. The number of anilines is 1. The van der Waals surface area contributed by atoms with Gasteiger partial charge >= 0.3 is 0 Å². The Balaban J connectivity index is 1.85. The molecule has 0 bridgehead atoms. The molecule has 1 atom stereocenters. The van der Waals surface area contributed by atoms with Crippen LogP contribution in [-0.4, -0.2) is 46.5 Å². The highest BCUT2D eigenvalue weighted by molar-refractivity contribution is 9.10. The normalized spacial score (nSPS) is 23.4. The van der Waals surface area contributed by atoms with Crippen LogP contribution in [0, 0.1) is 0 Å². The largest absolute Gasteiger partial charge is 0.352 e. The second-order valence-electron chi connectivity index (χ2n) is 4.59. The summed E-state index contributed by atoms with van der Waals surface area (Å²) in [5.74, 6) is 0.912. The van der Waals surface area contributed by atoms with Crippen LogP contribution >= 0.6 is 15.9 Å². The molecule has 0 spiro atoms. The van der Waals surface area contributed by atoms with Gasteiger partial charge in [-0.25, -0.2) is 4.98 Å². The van der Waals surface area contributed by atoms with E-state index in [9.17, 15) is 9.59 Å². The molecule has 1 amide bonds. The Hall–Kier alpha value is -1.37. The number of halogens is 1. The second-order valence-corrected chi connectivity index (χ2v) is 5.39. The maximum atomic E-state index is 11.6. The zero-order chi connectivity index (χ0) is 12.7. The van der Waals surface area contributed by atoms with Gasteiger partial charge in [0.15, 0.2) is 0 Å². The molecule has 2 aliphatic heterocycles. The lowest BCUT2D eigenvalue weighted by atomic mass is 10.1. The van der Waals surface area contributed by atoms with Gasteiger partial charge in [-0.15, -0.1) is 0 Å². The van der Waals surface area contributed by atoms with Crippen molar-refractivity contribution in [2.45, 2.75) is 18.9 Å². The highest BCUT2D eigenvalue weighted by Crippen LogP contribution is 2.27. The molecule has 1 N–H and O–H groups in total. The number of nitrogens with zero attached hydrogens (tertiary/aromatic N) is 3. The quantitative estimate of drug-likeness (QED) is 0.812. The molecular weight excluding hydrogens is 300 g/mol. The lowest BCUT2D eigenvalue weighted by molar-refractivity contribution is -0.129. The molecule has 1 aromatic heterocycles. The molecule has 0 radical (unpaired) electrons. The number of aromatic amines is 1. The molecule has 2 saturated heterocycles. The highest BCUT2D eigenvalue weighted by atomic mass is 79.9. The zero-order valence-corrected chi connectivity index (χ0v) is 11.3. The Morgan fingerprint density at radius 2 is 2.22 bits per heavy atom. The number of carbonyl (C=O) groups excluding carboxylic acids is 1. The van der Waals surface area contributed by atoms with Gasteiger partial charge in [-0.05, 0) is 22.4 Å². The monoisotopic (exact) mass is 312 g/mol. The summed E-state index contributed by atoms with van der Waals surface area (Å²) in [5.41, 5.74) is -0.176. The maximum absolute atomic E-state index is 11.6. The third kappa shape index (κ3) is 1.82. The molecule has 0 aromatic carbocycles. The first-order chi connectivity index (χ1) is 8.66. The lowest BCUT2D eigenvalue weighted by Gasteiger charge is -2.38. The van der Waals surface area contributed by atoms with Crippen molar-refractivity contribution >= 4 is 27.7 Å². The van der Waals surface area contributed by atoms with Gasteiger partial charge in [0.25, 0.3) is 5.56 Å². The van der Waals surface area contributed by atoms with E-state index in [-0.39, 0.29) is 17.5 Å². The van der Waals surface area contributed by atoms with Gasteiger partial charge in [-0.1, -0.05) is 0 Å². The Morgan fingerprint density at radius 1 is 1.39 bits per heavy atom. The zero-order valence-electron chi connectivity index (χ0n) is 9.73. The van der Waals surface area contributed by atoms with Crippen molar-refractivity contribution in [3.63, 3.8) is 0 Å². The number of hydrogen-bond acceptors (Lipinski definition) is 4. The predicted molar refractivity (Wildman–Crippen MR) is 69.5 cm³/mol. The van der Waals surface area contributed by atoms with Crippen molar-refractivity contribution in [3.05, 3.63) is 21.2 Å². The summed E-state index contributed by atoms with van der Waals surface area (Å²) in [7, 11) is 0. The number of nitrogens with one attached hydrogen (secondary N) is 1. The van der Waals surface area contributed by atoms with Crippen LogP contribution in [0.1, 0.15) is 12.8 Å². The van der Waals surface area contributed by atoms with Gasteiger partial charge in [0.05, 0.1) is 6.33 Å². The number of carbonyl (C=O) groups is 1. The summed E-state index contributed by atoms with van der Waals surface area (Å²) in [6.45, 7) is 2.18. The van der Waals surface area contributed by atoms with Crippen LogP contribution in [0.2, 0.25) is 0 Å². The van der Waals surface area contributed by atoms with Crippen LogP contribution in [0.5, 0.6) is 0 Å². The minimum atomic E-state index is -0.176. The van der Waals surface area contributed by atoms with Crippen molar-refractivity contribution in [2.75, 3.05) is 24.5 Å². The van der Waals surface area contributed by atoms with Gasteiger partial charge in [-0.2, -0.15) is 0 Å². The summed E-state index contributed by atoms with van der Waals surface area (Å²) in [6.07, 6.45) is 2.95. The third-order valence-corrected chi connectivity index (χ3v) is 4.29. The SMILES string of the molecule is O=C1CCC2CN(c3nc[nH]c(=O)c3Br)CCN12. The molecule has 2 aliphatic rings. The second kappa shape index (κ2) is 4.38. The van der Waals surface area contributed by atoms with Gasteiger partial charge in [0.1, 0.15) is 10.3 Å². The molecule has 3 heterocycles. The van der Waals surface area contributed by atoms with E-state index in [1.165, 1.54) is 6.33 Å². The number of aromatic nitrogens is 2. The van der Waals surface area contributed by atoms with E-state index in [2.05, 4.69) is 30.8 Å². The average molecular weight is 313 g/mol. The molecule has 18 heavy (non-hydrogen) atoms. The Morgan fingerprint density at radius 3 is 3.06 bits per heavy atom. The minimum absolute atomic E-state index is 0.176. The fraction of sp³-hybridized carbons (Fsp3) is 0.545.